The molecule has 0 aromatic carbocycles. The lowest BCUT2D eigenvalue weighted by Gasteiger charge is -2.14. The van der Waals surface area contributed by atoms with Gasteiger partial charge in [-0.05, 0) is 6.92 Å². The lowest BCUT2D eigenvalue weighted by molar-refractivity contribution is 0.218. The fraction of sp³-hybridized carbons (Fsp3) is 1.00. The number of hydrogen-bond acceptors (Lipinski definition) is 3. The number of hydrogen-bond donors (Lipinski definition) is 1. The van der Waals surface area contributed by atoms with Gasteiger partial charge in [0.1, 0.15) is 0 Å². The highest BCUT2D eigenvalue weighted by Gasteiger charge is 2.04. The third kappa shape index (κ3) is 4.79. The van der Waals surface area contributed by atoms with Crippen LogP contribution in [0.4, 0.5) is 0 Å². The van der Waals surface area contributed by atoms with Crippen molar-refractivity contribution in [3.8, 4) is 0 Å². The van der Waals surface area contributed by atoms with Crippen LogP contribution < -0.4 is 5.73 Å². The summed E-state index contributed by atoms with van der Waals surface area (Å²) >= 11 is 0. The Hall–Kier alpha value is 0.310. The molecule has 2 atom stereocenters. The van der Waals surface area contributed by atoms with Gasteiger partial charge in [-0.25, -0.2) is 0 Å². The van der Waals surface area contributed by atoms with Crippen molar-refractivity contribution in [2.24, 2.45) is 5.73 Å². The fourth-order valence-electron chi connectivity index (χ4n) is 0.339. The fourth-order valence-corrected chi connectivity index (χ4v) is 1.02. The lowest BCUT2D eigenvalue weighted by Crippen LogP contribution is -2.17. The van der Waals surface area contributed by atoms with Crippen LogP contribution >= 0.6 is 8.38 Å². The number of nitrogens with two attached hydrogens (primary N) is 1. The first-order valence-electron chi connectivity index (χ1n) is 2.85. The van der Waals surface area contributed by atoms with Crippen molar-refractivity contribution in [1.29, 1.82) is 0 Å². The largest absolute Gasteiger partial charge is 0.338 e. The van der Waals surface area contributed by atoms with E-state index in [2.05, 4.69) is 0 Å². The molecule has 0 bridgehead atoms. The first-order valence-corrected chi connectivity index (χ1v) is 4.47. The van der Waals surface area contributed by atoms with Gasteiger partial charge in [-0.2, -0.15) is 0 Å². The maximum absolute atomic E-state index is 5.30. The van der Waals surface area contributed by atoms with Crippen molar-refractivity contribution in [2.45, 2.75) is 13.0 Å². The molecule has 0 radical (unpaired) electrons. The molecule has 56 valence electrons. The Balaban J connectivity index is 3.22. The first-order chi connectivity index (χ1) is 4.20. The lowest BCUT2D eigenvalue weighted by atomic mass is 10.4. The Labute approximate surface area is 57.4 Å². The van der Waals surface area contributed by atoms with E-state index in [1.165, 1.54) is 0 Å². The molecule has 0 saturated heterocycles. The van der Waals surface area contributed by atoms with E-state index in [-0.39, 0.29) is 6.10 Å². The van der Waals surface area contributed by atoms with E-state index in [0.717, 1.165) is 0 Å². The quantitative estimate of drug-likeness (QED) is 0.608. The van der Waals surface area contributed by atoms with Gasteiger partial charge < -0.3 is 14.8 Å². The van der Waals surface area contributed by atoms with E-state index in [1.807, 2.05) is 13.6 Å². The zero-order chi connectivity index (χ0) is 7.28. The molecule has 9 heavy (non-hydrogen) atoms. The smallest absolute Gasteiger partial charge is 0.167 e. The Morgan fingerprint density at radius 2 is 2.22 bits per heavy atom. The molecule has 0 amide bonds. The molecule has 4 heteroatoms. The molecule has 0 unspecified atom stereocenters. The van der Waals surface area contributed by atoms with Crippen LogP contribution in [0, 0.1) is 0 Å². The van der Waals surface area contributed by atoms with Gasteiger partial charge in [-0.15, -0.1) is 0 Å². The third-order valence-electron chi connectivity index (χ3n) is 0.917. The summed E-state index contributed by atoms with van der Waals surface area (Å²) < 4.78 is 10.2. The standard InChI is InChI=1S/C5H14NO2P/c1-5(4-6)8-9(3)7-2/h5H,4,6H2,1-3H3/t5-,9-/m0/s1. The normalized spacial score (nSPS) is 17.3. The van der Waals surface area contributed by atoms with Crippen LogP contribution in [0.3, 0.4) is 0 Å². The van der Waals surface area contributed by atoms with Crippen molar-refractivity contribution in [2.75, 3.05) is 20.3 Å². The summed E-state index contributed by atoms with van der Waals surface area (Å²) in [5.41, 5.74) is 5.30. The van der Waals surface area contributed by atoms with Crippen LogP contribution in [0.5, 0.6) is 0 Å². The second kappa shape index (κ2) is 5.12. The zero-order valence-electron chi connectivity index (χ0n) is 6.13. The van der Waals surface area contributed by atoms with Gasteiger partial charge in [0.2, 0.25) is 0 Å². The van der Waals surface area contributed by atoms with Crippen LogP contribution in [-0.2, 0) is 9.05 Å². The summed E-state index contributed by atoms with van der Waals surface area (Å²) in [6, 6.07) is 0. The highest BCUT2D eigenvalue weighted by atomic mass is 31.2. The third-order valence-corrected chi connectivity index (χ3v) is 2.09. The van der Waals surface area contributed by atoms with E-state index in [1.54, 1.807) is 7.11 Å². The topological polar surface area (TPSA) is 44.5 Å². The molecule has 0 aliphatic rings. The van der Waals surface area contributed by atoms with Gasteiger partial charge in [0.05, 0.1) is 6.10 Å². The van der Waals surface area contributed by atoms with Crippen molar-refractivity contribution < 1.29 is 9.05 Å². The average Bonchev–Trinajstić information content (AvgIpc) is 1.87. The van der Waals surface area contributed by atoms with Crippen LogP contribution in [0.15, 0.2) is 0 Å². The van der Waals surface area contributed by atoms with Crippen molar-refractivity contribution in [3.63, 3.8) is 0 Å². The molecule has 3 nitrogen and oxygen atoms in total. The molecule has 0 fully saturated rings. The second-order valence-electron chi connectivity index (χ2n) is 1.77. The number of rotatable bonds is 4. The zero-order valence-corrected chi connectivity index (χ0v) is 7.02. The molecule has 2 N–H and O–H groups in total. The van der Waals surface area contributed by atoms with Gasteiger partial charge >= 0.3 is 0 Å². The van der Waals surface area contributed by atoms with Crippen molar-refractivity contribution in [3.05, 3.63) is 0 Å². The highest BCUT2D eigenvalue weighted by Crippen LogP contribution is 2.33. The summed E-state index contributed by atoms with van der Waals surface area (Å²) in [5, 5.41) is 0. The molecule has 0 aromatic heterocycles. The van der Waals surface area contributed by atoms with Gasteiger partial charge in [0.25, 0.3) is 0 Å². The Morgan fingerprint density at radius 1 is 1.67 bits per heavy atom. The minimum atomic E-state index is -0.704. The van der Waals surface area contributed by atoms with E-state index in [4.69, 9.17) is 14.8 Å². The van der Waals surface area contributed by atoms with Crippen molar-refractivity contribution in [1.82, 2.24) is 0 Å². The van der Waals surface area contributed by atoms with E-state index in [9.17, 15) is 0 Å². The molecule has 0 aliphatic carbocycles. The summed E-state index contributed by atoms with van der Waals surface area (Å²) in [6.45, 7) is 4.38. The predicted octanol–water partition coefficient (Wildman–Crippen LogP) is 0.938. The first kappa shape index (κ1) is 9.31. The van der Waals surface area contributed by atoms with Gasteiger partial charge in [0, 0.05) is 20.3 Å². The molecular weight excluding hydrogens is 137 g/mol. The van der Waals surface area contributed by atoms with Crippen LogP contribution in [0.2, 0.25) is 0 Å². The van der Waals surface area contributed by atoms with Gasteiger partial charge in [-0.1, -0.05) is 0 Å². The summed E-state index contributed by atoms with van der Waals surface area (Å²) in [4.78, 5) is 0. The molecule has 0 aliphatic heterocycles. The highest BCUT2D eigenvalue weighted by molar-refractivity contribution is 7.46. The van der Waals surface area contributed by atoms with E-state index in [0.29, 0.717) is 6.54 Å². The summed E-state index contributed by atoms with van der Waals surface area (Å²) in [7, 11) is 0.930. The minimum Gasteiger partial charge on any atom is -0.338 e. The van der Waals surface area contributed by atoms with Crippen LogP contribution in [0.1, 0.15) is 6.92 Å². The summed E-state index contributed by atoms with van der Waals surface area (Å²) in [5.74, 6) is 0. The monoisotopic (exact) mass is 151 g/mol. The maximum Gasteiger partial charge on any atom is 0.167 e. The molecular formula is C5H14NO2P. The molecule has 0 heterocycles. The van der Waals surface area contributed by atoms with Crippen LogP contribution in [0.25, 0.3) is 0 Å². The Bertz CT molecular complexity index is 64.0. The molecule has 0 saturated carbocycles. The summed E-state index contributed by atoms with van der Waals surface area (Å²) in [6.07, 6.45) is 0.112. The Kier molecular flexibility index (Phi) is 5.30. The maximum atomic E-state index is 5.30. The molecule has 0 rings (SSSR count). The molecule has 0 spiro atoms. The van der Waals surface area contributed by atoms with E-state index < -0.39 is 8.38 Å². The minimum absolute atomic E-state index is 0.112. The van der Waals surface area contributed by atoms with Gasteiger partial charge in [-0.3, -0.25) is 0 Å². The van der Waals surface area contributed by atoms with Gasteiger partial charge in [0.15, 0.2) is 8.38 Å². The Morgan fingerprint density at radius 3 is 2.56 bits per heavy atom. The van der Waals surface area contributed by atoms with Crippen LogP contribution in [-0.4, -0.2) is 26.4 Å². The average molecular weight is 151 g/mol. The van der Waals surface area contributed by atoms with E-state index >= 15 is 0 Å². The molecule has 0 aromatic rings. The second-order valence-corrected chi connectivity index (χ2v) is 3.23. The van der Waals surface area contributed by atoms with Crippen molar-refractivity contribution >= 4 is 8.38 Å². The SMILES string of the molecule is CO[P@](C)O[C@@H](C)CN. The predicted molar refractivity (Wildman–Crippen MR) is 39.5 cm³/mol.